The van der Waals surface area contributed by atoms with Crippen molar-refractivity contribution in [3.8, 4) is 5.75 Å². The zero-order valence-electron chi connectivity index (χ0n) is 9.97. The highest BCUT2D eigenvalue weighted by Crippen LogP contribution is 2.11. The Balaban J connectivity index is 1.84. The molecule has 2 aromatic carbocycles. The van der Waals surface area contributed by atoms with Crippen LogP contribution in [-0.4, -0.2) is 0 Å². The molecular formula is C16H16O. The van der Waals surface area contributed by atoms with Crippen LogP contribution in [0.25, 0.3) is 0 Å². The fourth-order valence-corrected chi connectivity index (χ4v) is 1.54. The van der Waals surface area contributed by atoms with Gasteiger partial charge in [0.1, 0.15) is 5.75 Å². The van der Waals surface area contributed by atoms with Crippen LogP contribution in [0.2, 0.25) is 0 Å². The second kappa shape index (κ2) is 5.90. The third-order valence-corrected chi connectivity index (χ3v) is 2.52. The predicted molar refractivity (Wildman–Crippen MR) is 71.1 cm³/mol. The molecule has 0 N–H and O–H groups in total. The van der Waals surface area contributed by atoms with E-state index >= 15 is 0 Å². The summed E-state index contributed by atoms with van der Waals surface area (Å²) in [6.07, 6.45) is 4.67. The number of hydrogen-bond donors (Lipinski definition) is 0. The van der Waals surface area contributed by atoms with E-state index in [1.165, 1.54) is 11.1 Å². The van der Waals surface area contributed by atoms with Crippen molar-refractivity contribution in [1.29, 1.82) is 0 Å². The molecule has 0 aliphatic rings. The SMILES string of the molecule is Cc1ccc(O/C=C/Cc2ccccc2)cc1. The van der Waals surface area contributed by atoms with Crippen LogP contribution in [0.3, 0.4) is 0 Å². The van der Waals surface area contributed by atoms with Crippen LogP contribution < -0.4 is 4.74 Å². The molecule has 1 heteroatoms. The van der Waals surface area contributed by atoms with Gasteiger partial charge in [0.25, 0.3) is 0 Å². The van der Waals surface area contributed by atoms with Gasteiger partial charge in [-0.2, -0.15) is 0 Å². The molecule has 0 amide bonds. The van der Waals surface area contributed by atoms with Gasteiger partial charge < -0.3 is 4.74 Å². The average molecular weight is 224 g/mol. The molecule has 0 fully saturated rings. The highest BCUT2D eigenvalue weighted by atomic mass is 16.5. The molecule has 0 unspecified atom stereocenters. The summed E-state index contributed by atoms with van der Waals surface area (Å²) >= 11 is 0. The summed E-state index contributed by atoms with van der Waals surface area (Å²) in [5.41, 5.74) is 2.53. The zero-order chi connectivity index (χ0) is 11.9. The van der Waals surface area contributed by atoms with Crippen molar-refractivity contribution < 1.29 is 4.74 Å². The molecule has 0 saturated heterocycles. The van der Waals surface area contributed by atoms with E-state index < -0.39 is 0 Å². The number of benzene rings is 2. The molecule has 0 aliphatic carbocycles. The smallest absolute Gasteiger partial charge is 0.126 e. The Morgan fingerprint density at radius 1 is 0.941 bits per heavy atom. The van der Waals surface area contributed by atoms with Crippen LogP contribution in [0.4, 0.5) is 0 Å². The molecule has 0 saturated carbocycles. The van der Waals surface area contributed by atoms with Crippen molar-refractivity contribution in [2.75, 3.05) is 0 Å². The summed E-state index contributed by atoms with van der Waals surface area (Å²) in [7, 11) is 0. The first-order valence-corrected chi connectivity index (χ1v) is 5.77. The maximum Gasteiger partial charge on any atom is 0.126 e. The van der Waals surface area contributed by atoms with Crippen LogP contribution in [0.5, 0.6) is 5.75 Å². The number of hydrogen-bond acceptors (Lipinski definition) is 1. The molecule has 0 bridgehead atoms. The third kappa shape index (κ3) is 3.80. The predicted octanol–water partition coefficient (Wildman–Crippen LogP) is 4.13. The van der Waals surface area contributed by atoms with E-state index in [1.807, 2.05) is 48.5 Å². The zero-order valence-corrected chi connectivity index (χ0v) is 9.97. The maximum absolute atomic E-state index is 5.50. The first-order chi connectivity index (χ1) is 8.34. The van der Waals surface area contributed by atoms with E-state index in [0.717, 1.165) is 12.2 Å². The molecular weight excluding hydrogens is 208 g/mol. The quantitative estimate of drug-likeness (QED) is 0.709. The van der Waals surface area contributed by atoms with E-state index in [9.17, 15) is 0 Å². The summed E-state index contributed by atoms with van der Waals surface area (Å²) in [6.45, 7) is 2.06. The minimum absolute atomic E-state index is 0.875. The van der Waals surface area contributed by atoms with Crippen LogP contribution in [0, 0.1) is 6.92 Å². The van der Waals surface area contributed by atoms with E-state index in [1.54, 1.807) is 6.26 Å². The van der Waals surface area contributed by atoms with Crippen LogP contribution >= 0.6 is 0 Å². The fourth-order valence-electron chi connectivity index (χ4n) is 1.54. The van der Waals surface area contributed by atoms with Gasteiger partial charge in [0.15, 0.2) is 0 Å². The molecule has 17 heavy (non-hydrogen) atoms. The molecule has 1 nitrogen and oxygen atoms in total. The van der Waals surface area contributed by atoms with Gasteiger partial charge in [-0.15, -0.1) is 0 Å². The normalized spacial score (nSPS) is 10.6. The Kier molecular flexibility index (Phi) is 3.98. The molecule has 0 aliphatic heterocycles. The fraction of sp³-hybridized carbons (Fsp3) is 0.125. The molecule has 0 heterocycles. The maximum atomic E-state index is 5.50. The number of rotatable bonds is 4. The number of ether oxygens (including phenoxy) is 1. The van der Waals surface area contributed by atoms with Gasteiger partial charge >= 0.3 is 0 Å². The Labute approximate surface area is 102 Å². The van der Waals surface area contributed by atoms with Crippen molar-refractivity contribution >= 4 is 0 Å². The first kappa shape index (κ1) is 11.5. The van der Waals surface area contributed by atoms with Gasteiger partial charge in [-0.25, -0.2) is 0 Å². The van der Waals surface area contributed by atoms with Gasteiger partial charge in [0.2, 0.25) is 0 Å². The summed E-state index contributed by atoms with van der Waals surface area (Å²) in [4.78, 5) is 0. The molecule has 0 atom stereocenters. The lowest BCUT2D eigenvalue weighted by Crippen LogP contribution is -1.84. The molecule has 2 rings (SSSR count). The van der Waals surface area contributed by atoms with Crippen molar-refractivity contribution in [2.24, 2.45) is 0 Å². The van der Waals surface area contributed by atoms with Crippen LogP contribution in [0.1, 0.15) is 11.1 Å². The Hall–Kier alpha value is -2.02. The molecule has 2 aromatic rings. The second-order valence-electron chi connectivity index (χ2n) is 3.99. The van der Waals surface area contributed by atoms with E-state index in [0.29, 0.717) is 0 Å². The second-order valence-corrected chi connectivity index (χ2v) is 3.99. The minimum Gasteiger partial charge on any atom is -0.465 e. The highest BCUT2D eigenvalue weighted by Gasteiger charge is 1.89. The third-order valence-electron chi connectivity index (χ3n) is 2.52. The lowest BCUT2D eigenvalue weighted by atomic mass is 10.2. The van der Waals surface area contributed by atoms with Crippen molar-refractivity contribution in [2.45, 2.75) is 13.3 Å². The standard InChI is InChI=1S/C16H16O/c1-14-9-11-16(12-10-14)17-13-5-8-15-6-3-2-4-7-15/h2-7,9-13H,8H2,1H3/b13-5+. The van der Waals surface area contributed by atoms with Gasteiger partial charge in [-0.05, 0) is 37.1 Å². The first-order valence-electron chi connectivity index (χ1n) is 5.77. The minimum atomic E-state index is 0.875. The average Bonchev–Trinajstić information content (AvgIpc) is 2.38. The van der Waals surface area contributed by atoms with E-state index in [4.69, 9.17) is 4.74 Å². The van der Waals surface area contributed by atoms with Crippen LogP contribution in [0.15, 0.2) is 66.9 Å². The van der Waals surface area contributed by atoms with Gasteiger partial charge in [-0.3, -0.25) is 0 Å². The Bertz CT molecular complexity index is 469. The monoisotopic (exact) mass is 224 g/mol. The molecule has 0 aromatic heterocycles. The summed E-state index contributed by atoms with van der Waals surface area (Å²) in [5, 5.41) is 0. The summed E-state index contributed by atoms with van der Waals surface area (Å²) in [6, 6.07) is 18.4. The summed E-state index contributed by atoms with van der Waals surface area (Å²) in [5.74, 6) is 0.875. The Morgan fingerprint density at radius 2 is 1.65 bits per heavy atom. The summed E-state index contributed by atoms with van der Waals surface area (Å²) < 4.78 is 5.50. The molecule has 86 valence electrons. The topological polar surface area (TPSA) is 9.23 Å². The van der Waals surface area contributed by atoms with Gasteiger partial charge in [0, 0.05) is 0 Å². The van der Waals surface area contributed by atoms with Crippen molar-refractivity contribution in [3.63, 3.8) is 0 Å². The highest BCUT2D eigenvalue weighted by molar-refractivity contribution is 5.27. The van der Waals surface area contributed by atoms with Crippen LogP contribution in [-0.2, 0) is 6.42 Å². The van der Waals surface area contributed by atoms with E-state index in [2.05, 4.69) is 19.1 Å². The lowest BCUT2D eigenvalue weighted by Gasteiger charge is -2.00. The molecule has 0 radical (unpaired) electrons. The lowest BCUT2D eigenvalue weighted by molar-refractivity contribution is 0.479. The van der Waals surface area contributed by atoms with Crippen molar-refractivity contribution in [1.82, 2.24) is 0 Å². The number of allylic oxidation sites excluding steroid dienone is 1. The molecule has 0 spiro atoms. The Morgan fingerprint density at radius 3 is 2.35 bits per heavy atom. The van der Waals surface area contributed by atoms with Crippen molar-refractivity contribution in [3.05, 3.63) is 78.1 Å². The van der Waals surface area contributed by atoms with Gasteiger partial charge in [-0.1, -0.05) is 48.0 Å². The van der Waals surface area contributed by atoms with E-state index in [-0.39, 0.29) is 0 Å². The van der Waals surface area contributed by atoms with Gasteiger partial charge in [0.05, 0.1) is 6.26 Å². The number of aryl methyl sites for hydroxylation is 1. The largest absolute Gasteiger partial charge is 0.465 e.